The molecule has 20 heavy (non-hydrogen) atoms. The van der Waals surface area contributed by atoms with Gasteiger partial charge in [0.15, 0.2) is 0 Å². The summed E-state index contributed by atoms with van der Waals surface area (Å²) in [6.07, 6.45) is -0.615. The largest absolute Gasteiger partial charge is 0.508 e. The van der Waals surface area contributed by atoms with Gasteiger partial charge in [-0.3, -0.25) is 0 Å². The lowest BCUT2D eigenvalue weighted by molar-refractivity contribution is 0.190. The number of phenolic OH excluding ortho intramolecular Hbond substituents is 1. The Morgan fingerprint density at radius 3 is 2.40 bits per heavy atom. The van der Waals surface area contributed by atoms with E-state index in [-0.39, 0.29) is 5.75 Å². The number of phenols is 1. The Hall–Kier alpha value is -2.20. The monoisotopic (exact) mass is 274 g/mol. The summed E-state index contributed by atoms with van der Waals surface area (Å²) < 4.78 is 10.9. The van der Waals surface area contributed by atoms with Crippen molar-refractivity contribution >= 4 is 0 Å². The maximum atomic E-state index is 9.75. The molecule has 106 valence electrons. The predicted molar refractivity (Wildman–Crippen MR) is 76.1 cm³/mol. The number of ether oxygens (including phenoxy) is 2. The maximum Gasteiger partial charge on any atom is 0.129 e. The van der Waals surface area contributed by atoms with Crippen LogP contribution in [-0.4, -0.2) is 17.3 Å². The highest BCUT2D eigenvalue weighted by atomic mass is 16.5. The predicted octanol–water partition coefficient (Wildman–Crippen LogP) is 3.03. The fourth-order valence-corrected chi connectivity index (χ4v) is 1.87. The van der Waals surface area contributed by atoms with Crippen LogP contribution in [-0.2, 0) is 6.61 Å². The van der Waals surface area contributed by atoms with Crippen molar-refractivity contribution in [3.05, 3.63) is 53.6 Å². The molecule has 0 bridgehead atoms. The number of rotatable bonds is 5. The molecule has 0 aliphatic carbocycles. The summed E-state index contributed by atoms with van der Waals surface area (Å²) in [6, 6.07) is 12.1. The molecule has 0 amide bonds. The number of aliphatic hydroxyl groups excluding tert-OH is 1. The van der Waals surface area contributed by atoms with Gasteiger partial charge in [0.2, 0.25) is 0 Å². The van der Waals surface area contributed by atoms with E-state index in [0.29, 0.717) is 23.7 Å². The van der Waals surface area contributed by atoms with E-state index in [9.17, 15) is 10.2 Å². The molecule has 4 heteroatoms. The average molecular weight is 274 g/mol. The molecule has 0 spiro atoms. The molecule has 0 unspecified atom stereocenters. The number of aromatic hydroxyl groups is 1. The van der Waals surface area contributed by atoms with E-state index in [2.05, 4.69) is 0 Å². The van der Waals surface area contributed by atoms with Gasteiger partial charge in [-0.25, -0.2) is 0 Å². The molecule has 0 saturated heterocycles. The second-order valence-corrected chi connectivity index (χ2v) is 4.53. The van der Waals surface area contributed by atoms with Gasteiger partial charge >= 0.3 is 0 Å². The molecule has 0 radical (unpaired) electrons. The molecular formula is C16H18O4. The molecule has 0 saturated carbocycles. The van der Waals surface area contributed by atoms with Crippen LogP contribution in [0.15, 0.2) is 42.5 Å². The van der Waals surface area contributed by atoms with Gasteiger partial charge in [-0.15, -0.1) is 0 Å². The van der Waals surface area contributed by atoms with Crippen LogP contribution in [0.3, 0.4) is 0 Å². The van der Waals surface area contributed by atoms with Crippen molar-refractivity contribution in [1.82, 2.24) is 0 Å². The van der Waals surface area contributed by atoms with E-state index in [1.165, 1.54) is 0 Å². The number of aliphatic hydroxyl groups is 1. The topological polar surface area (TPSA) is 58.9 Å². The zero-order valence-corrected chi connectivity index (χ0v) is 11.5. The van der Waals surface area contributed by atoms with Gasteiger partial charge in [0, 0.05) is 11.6 Å². The molecule has 1 atom stereocenters. The first-order valence-electron chi connectivity index (χ1n) is 6.37. The van der Waals surface area contributed by atoms with E-state index in [1.807, 2.05) is 0 Å². The van der Waals surface area contributed by atoms with Crippen LogP contribution < -0.4 is 9.47 Å². The van der Waals surface area contributed by atoms with Crippen LogP contribution in [0.4, 0.5) is 0 Å². The van der Waals surface area contributed by atoms with Crippen molar-refractivity contribution in [1.29, 1.82) is 0 Å². The lowest BCUT2D eigenvalue weighted by Gasteiger charge is -2.14. The third-order valence-electron chi connectivity index (χ3n) is 3.00. The fraction of sp³-hybridized carbons (Fsp3) is 0.250. The van der Waals surface area contributed by atoms with E-state index >= 15 is 0 Å². The number of methoxy groups -OCH3 is 1. The summed E-state index contributed by atoms with van der Waals surface area (Å²) in [5.41, 5.74) is 1.65. The molecule has 4 nitrogen and oxygen atoms in total. The van der Waals surface area contributed by atoms with Gasteiger partial charge in [0.1, 0.15) is 23.9 Å². The van der Waals surface area contributed by atoms with E-state index in [4.69, 9.17) is 9.47 Å². The van der Waals surface area contributed by atoms with Crippen molar-refractivity contribution in [2.75, 3.05) is 7.11 Å². The molecule has 2 rings (SSSR count). The summed E-state index contributed by atoms with van der Waals surface area (Å²) >= 11 is 0. The minimum absolute atomic E-state index is 0.222. The fourth-order valence-electron chi connectivity index (χ4n) is 1.87. The van der Waals surface area contributed by atoms with Gasteiger partial charge in [0.25, 0.3) is 0 Å². The van der Waals surface area contributed by atoms with Crippen molar-refractivity contribution in [2.24, 2.45) is 0 Å². The number of hydrogen-bond donors (Lipinski definition) is 2. The molecule has 2 aromatic carbocycles. The van der Waals surface area contributed by atoms with Crippen molar-refractivity contribution < 1.29 is 19.7 Å². The zero-order chi connectivity index (χ0) is 14.5. The highest BCUT2D eigenvalue weighted by molar-refractivity contribution is 5.42. The van der Waals surface area contributed by atoms with Gasteiger partial charge in [-0.2, -0.15) is 0 Å². The smallest absolute Gasteiger partial charge is 0.129 e. The van der Waals surface area contributed by atoms with Crippen LogP contribution >= 0.6 is 0 Å². The molecule has 0 fully saturated rings. The second kappa shape index (κ2) is 6.30. The molecular weight excluding hydrogens is 256 g/mol. The summed E-state index contributed by atoms with van der Waals surface area (Å²) in [7, 11) is 1.58. The molecule has 0 aliphatic heterocycles. The minimum atomic E-state index is -0.615. The Morgan fingerprint density at radius 1 is 1.10 bits per heavy atom. The SMILES string of the molecule is COc1ccc([C@@H](C)O)c(OCc2ccc(O)cc2)c1. The first kappa shape index (κ1) is 14.2. The Balaban J connectivity index is 2.16. The first-order chi connectivity index (χ1) is 9.60. The first-order valence-corrected chi connectivity index (χ1v) is 6.37. The molecule has 2 aromatic rings. The average Bonchev–Trinajstić information content (AvgIpc) is 2.46. The number of hydrogen-bond acceptors (Lipinski definition) is 4. The van der Waals surface area contributed by atoms with Crippen molar-refractivity contribution in [3.63, 3.8) is 0 Å². The summed E-state index contributed by atoms with van der Waals surface area (Å²) in [6.45, 7) is 2.04. The van der Waals surface area contributed by atoms with E-state index in [1.54, 1.807) is 56.5 Å². The van der Waals surface area contributed by atoms with Crippen LogP contribution in [0.25, 0.3) is 0 Å². The zero-order valence-electron chi connectivity index (χ0n) is 11.5. The van der Waals surface area contributed by atoms with Gasteiger partial charge in [0.05, 0.1) is 13.2 Å². The normalized spacial score (nSPS) is 11.9. The molecule has 2 N–H and O–H groups in total. The highest BCUT2D eigenvalue weighted by Crippen LogP contribution is 2.30. The molecule has 0 aromatic heterocycles. The van der Waals surface area contributed by atoms with Gasteiger partial charge in [-0.1, -0.05) is 12.1 Å². The van der Waals surface area contributed by atoms with Crippen LogP contribution in [0.1, 0.15) is 24.2 Å². The lowest BCUT2D eigenvalue weighted by atomic mass is 10.1. The standard InChI is InChI=1S/C16H18O4/c1-11(17)15-8-7-14(19-2)9-16(15)20-10-12-3-5-13(18)6-4-12/h3-9,11,17-18H,10H2,1-2H3/t11-/m1/s1. The Kier molecular flexibility index (Phi) is 4.48. The lowest BCUT2D eigenvalue weighted by Crippen LogP contribution is -2.01. The van der Waals surface area contributed by atoms with Crippen LogP contribution in [0, 0.1) is 0 Å². The van der Waals surface area contributed by atoms with Gasteiger partial charge < -0.3 is 19.7 Å². The summed E-state index contributed by atoms with van der Waals surface area (Å²) in [5, 5.41) is 19.0. The highest BCUT2D eigenvalue weighted by Gasteiger charge is 2.10. The van der Waals surface area contributed by atoms with Crippen LogP contribution in [0.2, 0.25) is 0 Å². The summed E-state index contributed by atoms with van der Waals surface area (Å²) in [5.74, 6) is 1.49. The Bertz CT molecular complexity index is 561. The quantitative estimate of drug-likeness (QED) is 0.880. The maximum absolute atomic E-state index is 9.75. The Morgan fingerprint density at radius 2 is 1.80 bits per heavy atom. The third kappa shape index (κ3) is 3.42. The van der Waals surface area contributed by atoms with E-state index in [0.717, 1.165) is 5.56 Å². The van der Waals surface area contributed by atoms with E-state index < -0.39 is 6.10 Å². The van der Waals surface area contributed by atoms with Crippen LogP contribution in [0.5, 0.6) is 17.2 Å². The Labute approximate surface area is 118 Å². The summed E-state index contributed by atoms with van der Waals surface area (Å²) in [4.78, 5) is 0. The second-order valence-electron chi connectivity index (χ2n) is 4.53. The van der Waals surface area contributed by atoms with Crippen molar-refractivity contribution in [2.45, 2.75) is 19.6 Å². The minimum Gasteiger partial charge on any atom is -0.508 e. The number of benzene rings is 2. The molecule has 0 heterocycles. The third-order valence-corrected chi connectivity index (χ3v) is 3.00. The van der Waals surface area contributed by atoms with Gasteiger partial charge in [-0.05, 0) is 36.8 Å². The molecule has 0 aliphatic rings. The van der Waals surface area contributed by atoms with Crippen molar-refractivity contribution in [3.8, 4) is 17.2 Å².